The van der Waals surface area contributed by atoms with Crippen LogP contribution >= 0.6 is 0 Å². The second-order valence-corrected chi connectivity index (χ2v) is 3.93. The molecule has 0 saturated carbocycles. The van der Waals surface area contributed by atoms with Crippen LogP contribution in [-0.4, -0.2) is 19.2 Å². The summed E-state index contributed by atoms with van der Waals surface area (Å²) in [6, 6.07) is 2.37. The summed E-state index contributed by atoms with van der Waals surface area (Å²) in [7, 11) is 0. The van der Waals surface area contributed by atoms with E-state index >= 15 is 0 Å². The summed E-state index contributed by atoms with van der Waals surface area (Å²) in [5, 5.41) is 8.92. The maximum Gasteiger partial charge on any atom is 0.417 e. The van der Waals surface area contributed by atoms with Gasteiger partial charge in [0.2, 0.25) is 0 Å². The number of hydrogen-bond acceptors (Lipinski definition) is 4. The van der Waals surface area contributed by atoms with Crippen molar-refractivity contribution in [3.8, 4) is 11.8 Å². The molecule has 0 saturated heterocycles. The number of carbonyl (C=O) groups excluding carboxylic acids is 1. The van der Waals surface area contributed by atoms with E-state index in [-0.39, 0.29) is 6.61 Å². The molecule has 0 spiro atoms. The molecule has 0 atom stereocenters. The Morgan fingerprint density at radius 3 is 2.45 bits per heavy atom. The van der Waals surface area contributed by atoms with Gasteiger partial charge in [0.15, 0.2) is 0 Å². The summed E-state index contributed by atoms with van der Waals surface area (Å²) in [5.74, 6) is -1.63. The van der Waals surface area contributed by atoms with Gasteiger partial charge in [-0.2, -0.15) is 27.2 Å². The second kappa shape index (κ2) is 7.06. The standard InChI is InChI=1S/C13H10F5NO3/c1-2-21-11(20)5-7-8(6-19)9(13(16,17)18)3-4-10(7)22-12(14)15/h3-4,12H,2,5H2,1H3. The molecular weight excluding hydrogens is 313 g/mol. The second-order valence-electron chi connectivity index (χ2n) is 3.93. The van der Waals surface area contributed by atoms with Crippen LogP contribution in [0, 0.1) is 11.3 Å². The largest absolute Gasteiger partial charge is 0.466 e. The molecule has 120 valence electrons. The van der Waals surface area contributed by atoms with Crippen LogP contribution in [-0.2, 0) is 22.1 Å². The van der Waals surface area contributed by atoms with Gasteiger partial charge in [0.1, 0.15) is 11.8 Å². The lowest BCUT2D eigenvalue weighted by atomic mass is 9.98. The highest BCUT2D eigenvalue weighted by molar-refractivity contribution is 5.75. The molecule has 9 heteroatoms. The zero-order valence-electron chi connectivity index (χ0n) is 11.2. The first-order valence-corrected chi connectivity index (χ1v) is 5.94. The zero-order valence-corrected chi connectivity index (χ0v) is 11.2. The molecule has 0 aromatic heterocycles. The van der Waals surface area contributed by atoms with Crippen molar-refractivity contribution in [3.63, 3.8) is 0 Å². The first-order chi connectivity index (χ1) is 10.2. The molecule has 1 aromatic carbocycles. The highest BCUT2D eigenvalue weighted by Crippen LogP contribution is 2.37. The number of rotatable bonds is 5. The van der Waals surface area contributed by atoms with Crippen molar-refractivity contribution in [2.24, 2.45) is 0 Å². The van der Waals surface area contributed by atoms with Gasteiger partial charge in [0.25, 0.3) is 0 Å². The molecule has 0 unspecified atom stereocenters. The Labute approximate surface area is 122 Å². The van der Waals surface area contributed by atoms with Crippen LogP contribution in [0.5, 0.6) is 5.75 Å². The van der Waals surface area contributed by atoms with Gasteiger partial charge in [-0.15, -0.1) is 0 Å². The number of nitriles is 1. The van der Waals surface area contributed by atoms with Crippen molar-refractivity contribution in [2.45, 2.75) is 26.1 Å². The van der Waals surface area contributed by atoms with E-state index in [0.717, 1.165) is 0 Å². The fourth-order valence-electron chi connectivity index (χ4n) is 1.73. The van der Waals surface area contributed by atoms with Crippen LogP contribution in [0.2, 0.25) is 0 Å². The van der Waals surface area contributed by atoms with Crippen molar-refractivity contribution in [1.82, 2.24) is 0 Å². The van der Waals surface area contributed by atoms with Crippen LogP contribution in [0.1, 0.15) is 23.6 Å². The van der Waals surface area contributed by atoms with Crippen molar-refractivity contribution < 1.29 is 36.2 Å². The minimum absolute atomic E-state index is 0.0509. The number of alkyl halides is 5. The quantitative estimate of drug-likeness (QED) is 0.616. The lowest BCUT2D eigenvalue weighted by Crippen LogP contribution is -2.16. The Balaban J connectivity index is 3.43. The Bertz CT molecular complexity index is 593. The van der Waals surface area contributed by atoms with E-state index in [9.17, 15) is 26.7 Å². The fourth-order valence-corrected chi connectivity index (χ4v) is 1.73. The van der Waals surface area contributed by atoms with E-state index in [1.807, 2.05) is 0 Å². The average Bonchev–Trinajstić information content (AvgIpc) is 2.38. The Morgan fingerprint density at radius 1 is 1.36 bits per heavy atom. The van der Waals surface area contributed by atoms with E-state index in [2.05, 4.69) is 9.47 Å². The fraction of sp³-hybridized carbons (Fsp3) is 0.385. The van der Waals surface area contributed by atoms with E-state index in [1.165, 1.54) is 13.0 Å². The highest BCUT2D eigenvalue weighted by atomic mass is 19.4. The zero-order chi connectivity index (χ0) is 16.9. The molecule has 0 aliphatic rings. The maximum atomic E-state index is 12.8. The van der Waals surface area contributed by atoms with Crippen molar-refractivity contribution in [3.05, 3.63) is 28.8 Å². The SMILES string of the molecule is CCOC(=O)Cc1c(OC(F)F)ccc(C(F)(F)F)c1C#N. The van der Waals surface area contributed by atoms with Gasteiger partial charge in [-0.05, 0) is 19.1 Å². The van der Waals surface area contributed by atoms with E-state index in [1.54, 1.807) is 0 Å². The Morgan fingerprint density at radius 2 is 2.00 bits per heavy atom. The molecular formula is C13H10F5NO3. The number of halogens is 5. The monoisotopic (exact) mass is 323 g/mol. The molecule has 0 bridgehead atoms. The van der Waals surface area contributed by atoms with Crippen LogP contribution in [0.3, 0.4) is 0 Å². The van der Waals surface area contributed by atoms with Crippen molar-refractivity contribution in [2.75, 3.05) is 6.61 Å². The summed E-state index contributed by atoms with van der Waals surface area (Å²) in [6.45, 7) is -1.90. The molecule has 0 radical (unpaired) electrons. The van der Waals surface area contributed by atoms with Gasteiger partial charge >= 0.3 is 18.8 Å². The Kier molecular flexibility index (Phi) is 5.68. The number of benzene rings is 1. The molecule has 1 aromatic rings. The molecule has 22 heavy (non-hydrogen) atoms. The van der Waals surface area contributed by atoms with Gasteiger partial charge in [-0.1, -0.05) is 0 Å². The molecule has 0 aliphatic carbocycles. The summed E-state index contributed by atoms with van der Waals surface area (Å²) in [6.07, 6.45) is -5.67. The first-order valence-electron chi connectivity index (χ1n) is 5.94. The highest BCUT2D eigenvalue weighted by Gasteiger charge is 2.36. The van der Waals surface area contributed by atoms with Crippen LogP contribution in [0.4, 0.5) is 22.0 Å². The van der Waals surface area contributed by atoms with Gasteiger partial charge in [0, 0.05) is 5.56 Å². The van der Waals surface area contributed by atoms with Crippen molar-refractivity contribution >= 4 is 5.97 Å². The van der Waals surface area contributed by atoms with Gasteiger partial charge in [-0.25, -0.2) is 0 Å². The third kappa shape index (κ3) is 4.31. The predicted octanol–water partition coefficient (Wildman–Crippen LogP) is 3.28. The molecule has 4 nitrogen and oxygen atoms in total. The van der Waals surface area contributed by atoms with Gasteiger partial charge in [-0.3, -0.25) is 4.79 Å². The summed E-state index contributed by atoms with van der Waals surface area (Å²) < 4.78 is 71.8. The third-order valence-corrected chi connectivity index (χ3v) is 2.53. The summed E-state index contributed by atoms with van der Waals surface area (Å²) in [5.41, 5.74) is -2.87. The lowest BCUT2D eigenvalue weighted by molar-refractivity contribution is -0.143. The minimum atomic E-state index is -4.88. The molecule has 0 N–H and O–H groups in total. The Hall–Kier alpha value is -2.37. The normalized spacial score (nSPS) is 11.2. The smallest absolute Gasteiger partial charge is 0.417 e. The number of hydrogen-bond donors (Lipinski definition) is 0. The number of carbonyl (C=O) groups is 1. The molecule has 0 amide bonds. The number of nitrogens with zero attached hydrogens (tertiary/aromatic N) is 1. The van der Waals surface area contributed by atoms with E-state index in [4.69, 9.17) is 5.26 Å². The lowest BCUT2D eigenvalue weighted by Gasteiger charge is -2.16. The third-order valence-electron chi connectivity index (χ3n) is 2.53. The van der Waals surface area contributed by atoms with E-state index in [0.29, 0.717) is 12.1 Å². The molecule has 0 fully saturated rings. The molecule has 1 rings (SSSR count). The summed E-state index contributed by atoms with van der Waals surface area (Å²) >= 11 is 0. The van der Waals surface area contributed by atoms with Crippen LogP contribution in [0.25, 0.3) is 0 Å². The average molecular weight is 323 g/mol. The molecule has 0 heterocycles. The van der Waals surface area contributed by atoms with Gasteiger partial charge in [0.05, 0.1) is 24.2 Å². The number of esters is 1. The number of ether oxygens (including phenoxy) is 2. The summed E-state index contributed by atoms with van der Waals surface area (Å²) in [4.78, 5) is 11.4. The molecule has 0 aliphatic heterocycles. The van der Waals surface area contributed by atoms with Gasteiger partial charge < -0.3 is 9.47 Å². The van der Waals surface area contributed by atoms with Crippen molar-refractivity contribution in [1.29, 1.82) is 5.26 Å². The topological polar surface area (TPSA) is 59.3 Å². The maximum absolute atomic E-state index is 12.8. The first kappa shape index (κ1) is 17.7. The van der Waals surface area contributed by atoms with Crippen LogP contribution < -0.4 is 4.74 Å². The van der Waals surface area contributed by atoms with E-state index < -0.39 is 47.6 Å². The van der Waals surface area contributed by atoms with Crippen LogP contribution in [0.15, 0.2) is 12.1 Å². The predicted molar refractivity (Wildman–Crippen MR) is 63.1 cm³/mol. The minimum Gasteiger partial charge on any atom is -0.466 e.